The minimum Gasteiger partial charge on any atom is -0.179 e. The molecule has 2 heteroatoms. The van der Waals surface area contributed by atoms with Crippen molar-refractivity contribution in [1.82, 2.24) is 0 Å². The molecular weight excluding hydrogens is 292 g/mol. The van der Waals surface area contributed by atoms with E-state index in [-0.39, 0.29) is 0 Å². The van der Waals surface area contributed by atoms with Crippen LogP contribution in [0.2, 0.25) is 0 Å². The van der Waals surface area contributed by atoms with E-state index in [1.807, 2.05) is 0 Å². The molecule has 0 bridgehead atoms. The molecule has 0 N–H and O–H groups in total. The third-order valence-electron chi connectivity index (χ3n) is 3.29. The standard InChI is InChI=1S/C15H31BrS/c16-14-12-10-8-6-4-2-1-3-5-7-9-11-13-15-17/h17H,1-15H2. The summed E-state index contributed by atoms with van der Waals surface area (Å²) < 4.78 is 0. The van der Waals surface area contributed by atoms with Crippen molar-refractivity contribution in [2.24, 2.45) is 0 Å². The lowest BCUT2D eigenvalue weighted by molar-refractivity contribution is 0.543. The highest BCUT2D eigenvalue weighted by Crippen LogP contribution is 2.12. The first-order valence-corrected chi connectivity index (χ1v) is 9.34. The third-order valence-corrected chi connectivity index (χ3v) is 4.17. The summed E-state index contributed by atoms with van der Waals surface area (Å²) in [5, 5.41) is 1.18. The molecule has 0 radical (unpaired) electrons. The molecule has 0 amide bonds. The van der Waals surface area contributed by atoms with Crippen LogP contribution >= 0.6 is 28.6 Å². The van der Waals surface area contributed by atoms with E-state index in [1.165, 1.54) is 88.8 Å². The molecule has 0 aliphatic rings. The molecule has 0 unspecified atom stereocenters. The Morgan fingerprint density at radius 1 is 0.471 bits per heavy atom. The molecule has 104 valence electrons. The highest BCUT2D eigenvalue weighted by molar-refractivity contribution is 9.09. The molecule has 0 aromatic heterocycles. The molecular formula is C15H31BrS. The number of alkyl halides is 1. The molecule has 17 heavy (non-hydrogen) atoms. The summed E-state index contributed by atoms with van der Waals surface area (Å²) in [6.45, 7) is 0. The van der Waals surface area contributed by atoms with Crippen LogP contribution in [0.1, 0.15) is 83.5 Å². The van der Waals surface area contributed by atoms with Gasteiger partial charge in [-0.2, -0.15) is 12.6 Å². The fourth-order valence-corrected chi connectivity index (χ4v) is 2.77. The van der Waals surface area contributed by atoms with Gasteiger partial charge in [0.05, 0.1) is 0 Å². The van der Waals surface area contributed by atoms with Gasteiger partial charge in [-0.15, -0.1) is 0 Å². The fraction of sp³-hybridized carbons (Fsp3) is 1.00. The maximum absolute atomic E-state index is 4.23. The molecule has 0 aromatic carbocycles. The second-order valence-corrected chi connectivity index (χ2v) is 6.25. The Morgan fingerprint density at radius 2 is 0.765 bits per heavy atom. The van der Waals surface area contributed by atoms with E-state index in [2.05, 4.69) is 28.6 Å². The number of hydrogen-bond acceptors (Lipinski definition) is 1. The van der Waals surface area contributed by atoms with E-state index in [4.69, 9.17) is 0 Å². The van der Waals surface area contributed by atoms with Gasteiger partial charge in [0, 0.05) is 5.33 Å². The maximum atomic E-state index is 4.23. The molecule has 0 saturated carbocycles. The number of halogens is 1. The normalized spacial score (nSPS) is 10.9. The molecule has 0 aromatic rings. The van der Waals surface area contributed by atoms with Crippen molar-refractivity contribution < 1.29 is 0 Å². The number of unbranched alkanes of at least 4 members (excludes halogenated alkanes) is 12. The van der Waals surface area contributed by atoms with Crippen LogP contribution in [0, 0.1) is 0 Å². The van der Waals surface area contributed by atoms with Crippen LogP contribution < -0.4 is 0 Å². The first kappa shape index (κ1) is 17.8. The average molecular weight is 323 g/mol. The zero-order valence-corrected chi connectivity index (χ0v) is 13.9. The zero-order chi connectivity index (χ0) is 12.6. The smallest absolute Gasteiger partial charge is 0.00313 e. The van der Waals surface area contributed by atoms with E-state index >= 15 is 0 Å². The summed E-state index contributed by atoms with van der Waals surface area (Å²) in [6.07, 6.45) is 18.5. The minimum absolute atomic E-state index is 1.06. The van der Waals surface area contributed by atoms with Crippen LogP contribution in [0.4, 0.5) is 0 Å². The van der Waals surface area contributed by atoms with Crippen LogP contribution in [0.3, 0.4) is 0 Å². The van der Waals surface area contributed by atoms with Gasteiger partial charge in [0.15, 0.2) is 0 Å². The first-order chi connectivity index (χ1) is 8.41. The molecule has 0 spiro atoms. The van der Waals surface area contributed by atoms with Gasteiger partial charge in [-0.25, -0.2) is 0 Å². The number of thiol groups is 1. The summed E-state index contributed by atoms with van der Waals surface area (Å²) in [6, 6.07) is 0. The van der Waals surface area contributed by atoms with Crippen molar-refractivity contribution in [3.05, 3.63) is 0 Å². The molecule has 0 rings (SSSR count). The van der Waals surface area contributed by atoms with Crippen molar-refractivity contribution in [2.45, 2.75) is 83.5 Å². The van der Waals surface area contributed by atoms with Crippen molar-refractivity contribution in [3.63, 3.8) is 0 Å². The Kier molecular flexibility index (Phi) is 17.7. The van der Waals surface area contributed by atoms with Crippen molar-refractivity contribution in [3.8, 4) is 0 Å². The van der Waals surface area contributed by atoms with Crippen LogP contribution in [-0.4, -0.2) is 11.1 Å². The van der Waals surface area contributed by atoms with Crippen LogP contribution in [0.5, 0.6) is 0 Å². The quantitative estimate of drug-likeness (QED) is 0.214. The average Bonchev–Trinajstić information content (AvgIpc) is 2.35. The lowest BCUT2D eigenvalue weighted by atomic mass is 10.1. The Bertz CT molecular complexity index is 114. The van der Waals surface area contributed by atoms with E-state index in [1.54, 1.807) is 0 Å². The second kappa shape index (κ2) is 16.8. The molecule has 0 saturated heterocycles. The predicted octanol–water partition coefficient (Wildman–Crippen LogP) is 6.38. The molecule has 0 fully saturated rings. The number of hydrogen-bond donors (Lipinski definition) is 1. The molecule has 0 nitrogen and oxygen atoms in total. The lowest BCUT2D eigenvalue weighted by Gasteiger charge is -2.02. The Morgan fingerprint density at radius 3 is 1.06 bits per heavy atom. The lowest BCUT2D eigenvalue weighted by Crippen LogP contribution is -1.83. The van der Waals surface area contributed by atoms with E-state index < -0.39 is 0 Å². The maximum Gasteiger partial charge on any atom is 0.00313 e. The predicted molar refractivity (Wildman–Crippen MR) is 87.7 cm³/mol. The highest BCUT2D eigenvalue weighted by Gasteiger charge is 1.93. The third kappa shape index (κ3) is 16.8. The Balaban J connectivity index is 2.85. The first-order valence-electron chi connectivity index (χ1n) is 7.58. The van der Waals surface area contributed by atoms with Gasteiger partial charge in [0.25, 0.3) is 0 Å². The number of rotatable bonds is 14. The van der Waals surface area contributed by atoms with Gasteiger partial charge in [0.2, 0.25) is 0 Å². The van der Waals surface area contributed by atoms with E-state index in [0.29, 0.717) is 0 Å². The summed E-state index contributed by atoms with van der Waals surface area (Å²) in [4.78, 5) is 0. The van der Waals surface area contributed by atoms with Crippen molar-refractivity contribution in [2.75, 3.05) is 11.1 Å². The fourth-order valence-electron chi connectivity index (χ4n) is 2.15. The van der Waals surface area contributed by atoms with E-state index in [0.717, 1.165) is 5.75 Å². The highest BCUT2D eigenvalue weighted by atomic mass is 79.9. The van der Waals surface area contributed by atoms with Gasteiger partial charge in [-0.05, 0) is 18.6 Å². The Hall–Kier alpha value is 0.830. The molecule has 0 atom stereocenters. The monoisotopic (exact) mass is 322 g/mol. The largest absolute Gasteiger partial charge is 0.179 e. The van der Waals surface area contributed by atoms with Crippen LogP contribution in [0.25, 0.3) is 0 Å². The minimum atomic E-state index is 1.06. The van der Waals surface area contributed by atoms with Gasteiger partial charge in [0.1, 0.15) is 0 Å². The molecule has 0 aliphatic carbocycles. The second-order valence-electron chi connectivity index (χ2n) is 5.01. The van der Waals surface area contributed by atoms with E-state index in [9.17, 15) is 0 Å². The SMILES string of the molecule is SCCCCCCCCCCCCCCCBr. The summed E-state index contributed by atoms with van der Waals surface area (Å²) >= 11 is 7.71. The summed E-state index contributed by atoms with van der Waals surface area (Å²) in [7, 11) is 0. The van der Waals surface area contributed by atoms with Crippen molar-refractivity contribution >= 4 is 28.6 Å². The summed E-state index contributed by atoms with van der Waals surface area (Å²) in [5.74, 6) is 1.06. The zero-order valence-electron chi connectivity index (χ0n) is 11.4. The molecule has 0 heterocycles. The van der Waals surface area contributed by atoms with Crippen LogP contribution in [-0.2, 0) is 0 Å². The van der Waals surface area contributed by atoms with Gasteiger partial charge in [-0.1, -0.05) is 86.6 Å². The topological polar surface area (TPSA) is 0 Å². The van der Waals surface area contributed by atoms with Gasteiger partial charge < -0.3 is 0 Å². The van der Waals surface area contributed by atoms with Crippen LogP contribution in [0.15, 0.2) is 0 Å². The molecule has 0 aliphatic heterocycles. The van der Waals surface area contributed by atoms with Gasteiger partial charge >= 0.3 is 0 Å². The Labute approximate surface area is 123 Å². The van der Waals surface area contributed by atoms with Crippen molar-refractivity contribution in [1.29, 1.82) is 0 Å². The van der Waals surface area contributed by atoms with Gasteiger partial charge in [-0.3, -0.25) is 0 Å². The summed E-state index contributed by atoms with van der Waals surface area (Å²) in [5.41, 5.74) is 0.